The average molecular weight is 293 g/mol. The van der Waals surface area contributed by atoms with Gasteiger partial charge >= 0.3 is 0 Å². The molecular formula is C18H19N3O. The number of aliphatic imine (C=N–C) groups is 1. The van der Waals surface area contributed by atoms with E-state index >= 15 is 0 Å². The van der Waals surface area contributed by atoms with Gasteiger partial charge in [-0.25, -0.2) is 4.99 Å². The zero-order chi connectivity index (χ0) is 15.5. The van der Waals surface area contributed by atoms with Crippen molar-refractivity contribution < 1.29 is 4.79 Å². The molecule has 1 N–H and O–H groups in total. The van der Waals surface area contributed by atoms with Crippen molar-refractivity contribution in [1.29, 1.82) is 0 Å². The van der Waals surface area contributed by atoms with Gasteiger partial charge in [-0.1, -0.05) is 23.8 Å². The first-order chi connectivity index (χ1) is 10.6. The number of dihydropyridines is 1. The molecule has 0 radical (unpaired) electrons. The van der Waals surface area contributed by atoms with Crippen LogP contribution in [0.15, 0.2) is 64.5 Å². The maximum atomic E-state index is 12.1. The van der Waals surface area contributed by atoms with Crippen LogP contribution in [0.3, 0.4) is 0 Å². The highest BCUT2D eigenvalue weighted by molar-refractivity contribution is 6.14. The Morgan fingerprint density at radius 2 is 2.09 bits per heavy atom. The fraction of sp³-hybridized carbons (Fsp3) is 0.278. The lowest BCUT2D eigenvalue weighted by atomic mass is 9.84. The summed E-state index contributed by atoms with van der Waals surface area (Å²) in [4.78, 5) is 20.5. The molecule has 1 aromatic rings. The molecule has 1 aliphatic carbocycles. The smallest absolute Gasteiger partial charge is 0.274 e. The molecule has 0 saturated carbocycles. The Hall–Kier alpha value is -2.33. The van der Waals surface area contributed by atoms with E-state index in [0.29, 0.717) is 13.1 Å². The van der Waals surface area contributed by atoms with Gasteiger partial charge in [-0.2, -0.15) is 0 Å². The number of carbonyl (C=O) groups is 1. The fourth-order valence-electron chi connectivity index (χ4n) is 2.81. The summed E-state index contributed by atoms with van der Waals surface area (Å²) in [6.45, 7) is 5.33. The monoisotopic (exact) mass is 293 g/mol. The topological polar surface area (TPSA) is 54.4 Å². The zero-order valence-corrected chi connectivity index (χ0v) is 12.8. The molecule has 1 amide bonds. The number of allylic oxidation sites excluding steroid dienone is 5. The van der Waals surface area contributed by atoms with E-state index in [1.165, 1.54) is 5.57 Å². The van der Waals surface area contributed by atoms with Crippen molar-refractivity contribution in [2.24, 2.45) is 10.9 Å². The number of nitrogens with one attached hydrogen (secondary N) is 1. The van der Waals surface area contributed by atoms with E-state index in [1.54, 1.807) is 6.20 Å². The lowest BCUT2D eigenvalue weighted by Gasteiger charge is -2.24. The minimum Gasteiger partial charge on any atom is -0.308 e. The SMILES string of the molecule is CC1=CC2=NC(=O)C(CNCc3cccnc3)=CC2C(C)=C1. The molecule has 22 heavy (non-hydrogen) atoms. The summed E-state index contributed by atoms with van der Waals surface area (Å²) < 4.78 is 0. The van der Waals surface area contributed by atoms with Gasteiger partial charge in [-0.15, -0.1) is 0 Å². The molecule has 1 unspecified atom stereocenters. The quantitative estimate of drug-likeness (QED) is 0.928. The average Bonchev–Trinajstić information content (AvgIpc) is 2.49. The fourth-order valence-corrected chi connectivity index (χ4v) is 2.81. The Balaban J connectivity index is 1.67. The van der Waals surface area contributed by atoms with Crippen molar-refractivity contribution in [2.75, 3.05) is 6.54 Å². The first-order valence-corrected chi connectivity index (χ1v) is 7.43. The van der Waals surface area contributed by atoms with Crippen LogP contribution < -0.4 is 5.32 Å². The minimum atomic E-state index is -0.135. The van der Waals surface area contributed by atoms with Gasteiger partial charge in [0.25, 0.3) is 5.91 Å². The van der Waals surface area contributed by atoms with E-state index in [1.807, 2.05) is 37.4 Å². The Labute approximate surface area is 130 Å². The maximum absolute atomic E-state index is 12.1. The molecule has 3 rings (SSSR count). The van der Waals surface area contributed by atoms with E-state index in [-0.39, 0.29) is 11.8 Å². The molecule has 0 fully saturated rings. The summed E-state index contributed by atoms with van der Waals surface area (Å²) in [7, 11) is 0. The van der Waals surface area contributed by atoms with Crippen LogP contribution in [0.2, 0.25) is 0 Å². The number of nitrogens with zero attached hydrogens (tertiary/aromatic N) is 2. The van der Waals surface area contributed by atoms with Gasteiger partial charge in [0.15, 0.2) is 0 Å². The number of fused-ring (bicyclic) bond motifs is 1. The van der Waals surface area contributed by atoms with Crippen molar-refractivity contribution in [2.45, 2.75) is 20.4 Å². The predicted octanol–water partition coefficient (Wildman–Crippen LogP) is 2.60. The third-order valence-corrected chi connectivity index (χ3v) is 3.88. The molecule has 1 atom stereocenters. The van der Waals surface area contributed by atoms with Crippen molar-refractivity contribution in [1.82, 2.24) is 10.3 Å². The number of hydrogen-bond donors (Lipinski definition) is 1. The summed E-state index contributed by atoms with van der Waals surface area (Å²) in [5.41, 5.74) is 5.07. The Bertz CT molecular complexity index is 711. The van der Waals surface area contributed by atoms with Gasteiger partial charge < -0.3 is 5.32 Å². The Kier molecular flexibility index (Phi) is 4.11. The lowest BCUT2D eigenvalue weighted by molar-refractivity contribution is -0.114. The third-order valence-electron chi connectivity index (χ3n) is 3.88. The summed E-state index contributed by atoms with van der Waals surface area (Å²) in [6.07, 6.45) is 9.75. The molecule has 0 aromatic carbocycles. The lowest BCUT2D eigenvalue weighted by Crippen LogP contribution is -2.28. The number of rotatable bonds is 4. The summed E-state index contributed by atoms with van der Waals surface area (Å²) in [5.74, 6) is 0.000258. The van der Waals surface area contributed by atoms with Crippen LogP contribution in [0, 0.1) is 5.92 Å². The summed E-state index contributed by atoms with van der Waals surface area (Å²) in [6, 6.07) is 3.92. The zero-order valence-electron chi connectivity index (χ0n) is 12.8. The van der Waals surface area contributed by atoms with Crippen molar-refractivity contribution >= 4 is 11.6 Å². The molecule has 4 heteroatoms. The number of pyridine rings is 1. The first kappa shape index (κ1) is 14.6. The number of aromatic nitrogens is 1. The molecule has 0 spiro atoms. The van der Waals surface area contributed by atoms with Crippen LogP contribution in [0.1, 0.15) is 19.4 Å². The summed E-state index contributed by atoms with van der Waals surface area (Å²) in [5, 5.41) is 3.29. The second kappa shape index (κ2) is 6.20. The maximum Gasteiger partial charge on any atom is 0.274 e. The van der Waals surface area contributed by atoms with E-state index < -0.39 is 0 Å². The van der Waals surface area contributed by atoms with Gasteiger partial charge in [-0.3, -0.25) is 9.78 Å². The molecule has 2 aliphatic rings. The number of amides is 1. The molecular weight excluding hydrogens is 274 g/mol. The molecule has 1 aromatic heterocycles. The van der Waals surface area contributed by atoms with Gasteiger partial charge in [0.2, 0.25) is 0 Å². The van der Waals surface area contributed by atoms with Crippen molar-refractivity contribution in [3.05, 3.63) is 65.0 Å². The molecule has 0 saturated heterocycles. The van der Waals surface area contributed by atoms with E-state index in [4.69, 9.17) is 0 Å². The third kappa shape index (κ3) is 3.12. The molecule has 1 aliphatic heterocycles. The van der Waals surface area contributed by atoms with Crippen LogP contribution in [-0.2, 0) is 11.3 Å². The van der Waals surface area contributed by atoms with Crippen LogP contribution >= 0.6 is 0 Å². The van der Waals surface area contributed by atoms with E-state index in [2.05, 4.69) is 28.3 Å². The number of carbonyl (C=O) groups excluding carboxylic acids is 1. The van der Waals surface area contributed by atoms with Gasteiger partial charge in [0.05, 0.1) is 5.71 Å². The van der Waals surface area contributed by atoms with Gasteiger partial charge in [0, 0.05) is 37.0 Å². The van der Waals surface area contributed by atoms with Crippen molar-refractivity contribution in [3.63, 3.8) is 0 Å². The highest BCUT2D eigenvalue weighted by Gasteiger charge is 2.25. The normalized spacial score (nSPS) is 20.6. The van der Waals surface area contributed by atoms with Gasteiger partial charge in [0.1, 0.15) is 0 Å². The first-order valence-electron chi connectivity index (χ1n) is 7.43. The molecule has 4 nitrogen and oxygen atoms in total. The van der Waals surface area contributed by atoms with Crippen LogP contribution in [0.25, 0.3) is 0 Å². The summed E-state index contributed by atoms with van der Waals surface area (Å²) >= 11 is 0. The largest absolute Gasteiger partial charge is 0.308 e. The predicted molar refractivity (Wildman–Crippen MR) is 87.5 cm³/mol. The number of hydrogen-bond acceptors (Lipinski definition) is 3. The molecule has 2 heterocycles. The second-order valence-corrected chi connectivity index (χ2v) is 5.75. The Morgan fingerprint density at radius 1 is 1.23 bits per heavy atom. The molecule has 112 valence electrons. The van der Waals surface area contributed by atoms with E-state index in [0.717, 1.165) is 22.4 Å². The molecule has 0 bridgehead atoms. The highest BCUT2D eigenvalue weighted by atomic mass is 16.1. The Morgan fingerprint density at radius 3 is 2.86 bits per heavy atom. The standard InChI is InChI=1S/C18H19N3O/c1-12-6-13(2)16-8-15(18(22)21-17(16)7-12)11-20-10-14-4-3-5-19-9-14/h3-9,16,20H,10-11H2,1-2H3. The van der Waals surface area contributed by atoms with Crippen LogP contribution in [0.5, 0.6) is 0 Å². The highest BCUT2D eigenvalue weighted by Crippen LogP contribution is 2.27. The van der Waals surface area contributed by atoms with Crippen molar-refractivity contribution in [3.8, 4) is 0 Å². The second-order valence-electron chi connectivity index (χ2n) is 5.75. The van der Waals surface area contributed by atoms with Gasteiger partial charge in [-0.05, 0) is 37.1 Å². The minimum absolute atomic E-state index is 0.135. The van der Waals surface area contributed by atoms with Crippen LogP contribution in [-0.4, -0.2) is 23.1 Å². The van der Waals surface area contributed by atoms with E-state index in [9.17, 15) is 4.79 Å². The van der Waals surface area contributed by atoms with Crippen LogP contribution in [0.4, 0.5) is 0 Å².